The highest BCUT2D eigenvalue weighted by molar-refractivity contribution is 5.70. The number of carbonyl (C=O) groups is 2. The Morgan fingerprint density at radius 2 is 0.700 bits per heavy atom. The zero-order valence-corrected chi connectivity index (χ0v) is 40.0. The summed E-state index contributed by atoms with van der Waals surface area (Å²) in [6.07, 6.45) is 63.8. The van der Waals surface area contributed by atoms with Crippen LogP contribution in [0.3, 0.4) is 0 Å². The van der Waals surface area contributed by atoms with Crippen molar-refractivity contribution in [2.24, 2.45) is 0 Å². The van der Waals surface area contributed by atoms with Gasteiger partial charge in [-0.15, -0.1) is 0 Å². The van der Waals surface area contributed by atoms with Gasteiger partial charge in [0.05, 0.1) is 6.61 Å². The van der Waals surface area contributed by atoms with E-state index in [4.69, 9.17) is 14.2 Å². The molecule has 0 heterocycles. The van der Waals surface area contributed by atoms with Crippen molar-refractivity contribution in [3.63, 3.8) is 0 Å². The normalized spacial score (nSPS) is 12.7. The van der Waals surface area contributed by atoms with Gasteiger partial charge >= 0.3 is 11.9 Å². The molecule has 0 aromatic carbocycles. The molecule has 1 unspecified atom stereocenters. The van der Waals surface area contributed by atoms with Crippen LogP contribution < -0.4 is 0 Å². The van der Waals surface area contributed by atoms with Crippen molar-refractivity contribution in [3.05, 3.63) is 60.8 Å². The number of rotatable bonds is 47. The molecule has 0 aliphatic rings. The van der Waals surface area contributed by atoms with Gasteiger partial charge in [-0.3, -0.25) is 9.59 Å². The second-order valence-electron chi connectivity index (χ2n) is 17.1. The lowest BCUT2D eigenvalue weighted by Gasteiger charge is -2.18. The van der Waals surface area contributed by atoms with Gasteiger partial charge in [-0.25, -0.2) is 0 Å². The molecule has 5 nitrogen and oxygen atoms in total. The summed E-state index contributed by atoms with van der Waals surface area (Å²) in [6, 6.07) is 0. The molecule has 0 aliphatic heterocycles. The van der Waals surface area contributed by atoms with Crippen molar-refractivity contribution in [2.75, 3.05) is 19.8 Å². The third-order valence-electron chi connectivity index (χ3n) is 11.0. The number of hydrogen-bond donors (Lipinski definition) is 0. The van der Waals surface area contributed by atoms with Crippen LogP contribution in [0.25, 0.3) is 0 Å². The molecular formula is C55H98O5. The molecular weight excluding hydrogens is 741 g/mol. The predicted octanol–water partition coefficient (Wildman–Crippen LogP) is 17.3. The molecule has 60 heavy (non-hydrogen) atoms. The lowest BCUT2D eigenvalue weighted by molar-refractivity contribution is -0.163. The van der Waals surface area contributed by atoms with E-state index in [1.807, 2.05) is 0 Å². The molecule has 0 aromatic heterocycles. The van der Waals surface area contributed by atoms with Gasteiger partial charge in [0.2, 0.25) is 0 Å². The highest BCUT2D eigenvalue weighted by Gasteiger charge is 2.17. The van der Waals surface area contributed by atoms with E-state index in [2.05, 4.69) is 81.5 Å². The Bertz CT molecular complexity index is 1040. The predicted molar refractivity (Wildman–Crippen MR) is 261 cm³/mol. The lowest BCUT2D eigenvalue weighted by Crippen LogP contribution is -2.30. The standard InChI is InChI=1S/C55H98O5/c1-4-7-10-13-16-18-20-22-24-26-27-28-30-32-34-36-38-41-44-47-50-58-51-53(60-55(57)49-46-43-39-15-12-9-6-3)52-59-54(56)48-45-42-40-37-35-33-31-29-25-23-21-19-17-14-11-8-5-2/h16-19,22-25,27-28,53H,4-15,20-21,26,29-52H2,1-3H3/b18-16-,19-17-,24-22-,25-23-,28-27-. The van der Waals surface area contributed by atoms with E-state index in [-0.39, 0.29) is 25.2 Å². The van der Waals surface area contributed by atoms with E-state index in [0.29, 0.717) is 19.4 Å². The fourth-order valence-electron chi connectivity index (χ4n) is 7.13. The van der Waals surface area contributed by atoms with Gasteiger partial charge in [0.1, 0.15) is 6.61 Å². The first-order chi connectivity index (χ1) is 29.6. The maximum atomic E-state index is 12.7. The largest absolute Gasteiger partial charge is 0.462 e. The van der Waals surface area contributed by atoms with Gasteiger partial charge in [-0.1, -0.05) is 210 Å². The average Bonchev–Trinajstić information content (AvgIpc) is 3.25. The number of ether oxygens (including phenoxy) is 3. The minimum Gasteiger partial charge on any atom is -0.462 e. The van der Waals surface area contributed by atoms with Crippen molar-refractivity contribution in [3.8, 4) is 0 Å². The molecule has 1 atom stereocenters. The number of hydrogen-bond acceptors (Lipinski definition) is 5. The average molecular weight is 839 g/mol. The van der Waals surface area contributed by atoms with E-state index in [9.17, 15) is 9.59 Å². The second-order valence-corrected chi connectivity index (χ2v) is 17.1. The molecule has 0 aromatic rings. The van der Waals surface area contributed by atoms with Crippen LogP contribution >= 0.6 is 0 Å². The third kappa shape index (κ3) is 48.3. The first-order valence-corrected chi connectivity index (χ1v) is 25.8. The number of esters is 2. The molecule has 0 N–H and O–H groups in total. The SMILES string of the molecule is CCCCC/C=C\C/C=C\C/C=C\CCCCCCCCCOCC(COC(=O)CCCCCCCCC/C=C\C/C=C\CCCCC)OC(=O)CCCCCCCCC. The fourth-order valence-corrected chi connectivity index (χ4v) is 7.13. The second kappa shape index (κ2) is 51.0. The Labute approximate surface area is 373 Å². The van der Waals surface area contributed by atoms with Crippen LogP contribution in [0, 0.1) is 0 Å². The number of carbonyl (C=O) groups excluding carboxylic acids is 2. The zero-order valence-electron chi connectivity index (χ0n) is 40.0. The minimum absolute atomic E-state index is 0.0774. The molecule has 0 saturated heterocycles. The monoisotopic (exact) mass is 839 g/mol. The van der Waals surface area contributed by atoms with E-state index in [1.165, 1.54) is 154 Å². The summed E-state index contributed by atoms with van der Waals surface area (Å²) in [5.41, 5.74) is 0. The maximum Gasteiger partial charge on any atom is 0.306 e. The maximum absolute atomic E-state index is 12.7. The molecule has 0 amide bonds. The molecule has 5 heteroatoms. The van der Waals surface area contributed by atoms with Gasteiger partial charge < -0.3 is 14.2 Å². The summed E-state index contributed by atoms with van der Waals surface area (Å²) in [4.78, 5) is 25.2. The van der Waals surface area contributed by atoms with Gasteiger partial charge in [-0.05, 0) is 89.9 Å². The molecule has 0 radical (unpaired) electrons. The van der Waals surface area contributed by atoms with E-state index in [1.54, 1.807) is 0 Å². The van der Waals surface area contributed by atoms with Gasteiger partial charge in [0, 0.05) is 19.4 Å². The van der Waals surface area contributed by atoms with Crippen LogP contribution in [0.4, 0.5) is 0 Å². The first-order valence-electron chi connectivity index (χ1n) is 25.8. The molecule has 0 fully saturated rings. The van der Waals surface area contributed by atoms with Crippen LogP contribution in [0.15, 0.2) is 60.8 Å². The Morgan fingerprint density at radius 3 is 1.15 bits per heavy atom. The molecule has 0 saturated carbocycles. The third-order valence-corrected chi connectivity index (χ3v) is 11.0. The highest BCUT2D eigenvalue weighted by atomic mass is 16.6. The van der Waals surface area contributed by atoms with E-state index < -0.39 is 6.10 Å². The van der Waals surface area contributed by atoms with E-state index in [0.717, 1.165) is 64.2 Å². The summed E-state index contributed by atoms with van der Waals surface area (Å²) >= 11 is 0. The van der Waals surface area contributed by atoms with Crippen LogP contribution in [0.5, 0.6) is 0 Å². The number of allylic oxidation sites excluding steroid dienone is 10. The zero-order chi connectivity index (χ0) is 43.5. The van der Waals surface area contributed by atoms with Crippen molar-refractivity contribution in [1.29, 1.82) is 0 Å². The Hall–Kier alpha value is -2.40. The summed E-state index contributed by atoms with van der Waals surface area (Å²) in [6.45, 7) is 7.73. The summed E-state index contributed by atoms with van der Waals surface area (Å²) < 4.78 is 17.3. The summed E-state index contributed by atoms with van der Waals surface area (Å²) in [5, 5.41) is 0. The molecule has 348 valence electrons. The number of unbranched alkanes of at least 4 members (excludes halogenated alkanes) is 26. The van der Waals surface area contributed by atoms with Crippen molar-refractivity contribution >= 4 is 11.9 Å². The Kier molecular flexibility index (Phi) is 48.9. The van der Waals surface area contributed by atoms with Crippen molar-refractivity contribution in [1.82, 2.24) is 0 Å². The van der Waals surface area contributed by atoms with Gasteiger partial charge in [0.15, 0.2) is 6.10 Å². The fraction of sp³-hybridized carbons (Fsp3) is 0.782. The highest BCUT2D eigenvalue weighted by Crippen LogP contribution is 2.14. The topological polar surface area (TPSA) is 61.8 Å². The van der Waals surface area contributed by atoms with E-state index >= 15 is 0 Å². The molecule has 0 bridgehead atoms. The van der Waals surface area contributed by atoms with Gasteiger partial charge in [-0.2, -0.15) is 0 Å². The van der Waals surface area contributed by atoms with Crippen LogP contribution in [-0.2, 0) is 23.8 Å². The quantitative estimate of drug-likeness (QED) is 0.0347. The molecule has 0 spiro atoms. The lowest BCUT2D eigenvalue weighted by atomic mass is 10.1. The van der Waals surface area contributed by atoms with Crippen molar-refractivity contribution in [2.45, 2.75) is 258 Å². The minimum atomic E-state index is -0.541. The smallest absolute Gasteiger partial charge is 0.306 e. The molecule has 0 rings (SSSR count). The van der Waals surface area contributed by atoms with Gasteiger partial charge in [0.25, 0.3) is 0 Å². The Balaban J connectivity index is 4.13. The first kappa shape index (κ1) is 57.6. The van der Waals surface area contributed by atoms with Crippen LogP contribution in [0.1, 0.15) is 252 Å². The Morgan fingerprint density at radius 1 is 0.367 bits per heavy atom. The van der Waals surface area contributed by atoms with Crippen LogP contribution in [-0.4, -0.2) is 37.9 Å². The molecule has 0 aliphatic carbocycles. The van der Waals surface area contributed by atoms with Crippen molar-refractivity contribution < 1.29 is 23.8 Å². The summed E-state index contributed by atoms with van der Waals surface area (Å²) in [7, 11) is 0. The van der Waals surface area contributed by atoms with Crippen LogP contribution in [0.2, 0.25) is 0 Å². The summed E-state index contributed by atoms with van der Waals surface area (Å²) in [5.74, 6) is -0.413.